The van der Waals surface area contributed by atoms with Crippen LogP contribution in [-0.2, 0) is 4.79 Å². The molecule has 0 fully saturated rings. The van der Waals surface area contributed by atoms with Crippen molar-refractivity contribution < 1.29 is 9.59 Å². The van der Waals surface area contributed by atoms with Gasteiger partial charge in [0.25, 0.3) is 5.91 Å². The Morgan fingerprint density at radius 2 is 1.75 bits per heavy atom. The third-order valence-electron chi connectivity index (χ3n) is 2.66. The summed E-state index contributed by atoms with van der Waals surface area (Å²) in [5.74, 6) is -0.489. The van der Waals surface area contributed by atoms with E-state index in [4.69, 9.17) is 0 Å². The molecule has 0 atom stereocenters. The van der Waals surface area contributed by atoms with Gasteiger partial charge in [0.15, 0.2) is 0 Å². The molecule has 20 heavy (non-hydrogen) atoms. The summed E-state index contributed by atoms with van der Waals surface area (Å²) in [5.41, 5.74) is 3.15. The van der Waals surface area contributed by atoms with Crippen molar-refractivity contribution in [3.8, 4) is 0 Å². The van der Waals surface area contributed by atoms with Gasteiger partial charge in [0.05, 0.1) is 0 Å². The zero-order valence-electron chi connectivity index (χ0n) is 12.8. The van der Waals surface area contributed by atoms with Gasteiger partial charge in [0, 0.05) is 17.5 Å². The average molecular weight is 276 g/mol. The maximum atomic E-state index is 12.5. The Morgan fingerprint density at radius 1 is 1.15 bits per heavy atom. The molecule has 0 saturated heterocycles. The third-order valence-corrected chi connectivity index (χ3v) is 2.66. The minimum atomic E-state index is -0.355. The van der Waals surface area contributed by atoms with Gasteiger partial charge in [-0.05, 0) is 39.3 Å². The first-order valence-corrected chi connectivity index (χ1v) is 7.05. The summed E-state index contributed by atoms with van der Waals surface area (Å²) in [5, 5.41) is 1.16. The highest BCUT2D eigenvalue weighted by atomic mass is 16.2. The summed E-state index contributed by atoms with van der Waals surface area (Å²) in [7, 11) is 0. The van der Waals surface area contributed by atoms with Gasteiger partial charge < -0.3 is 0 Å². The Labute approximate surface area is 121 Å². The molecule has 1 aromatic carbocycles. The van der Waals surface area contributed by atoms with Gasteiger partial charge in [0.2, 0.25) is 5.91 Å². The average Bonchev–Trinajstić information content (AvgIpc) is 2.41. The molecule has 1 N–H and O–H groups in total. The topological polar surface area (TPSA) is 49.4 Å². The van der Waals surface area contributed by atoms with Crippen LogP contribution < -0.4 is 5.43 Å². The number of imide groups is 1. The molecule has 0 unspecified atom stereocenters. The number of carbonyl (C=O) groups is 2. The van der Waals surface area contributed by atoms with E-state index in [0.29, 0.717) is 12.0 Å². The molecule has 0 aliphatic carbocycles. The summed E-state index contributed by atoms with van der Waals surface area (Å²) < 4.78 is 0. The maximum absolute atomic E-state index is 12.5. The van der Waals surface area contributed by atoms with E-state index < -0.39 is 0 Å². The number of hydrazine groups is 1. The SMILES string of the molecule is CCCCC(=O)N(NC(C)(C)C)C(=O)c1ccccc1. The van der Waals surface area contributed by atoms with E-state index in [9.17, 15) is 9.59 Å². The molecular weight excluding hydrogens is 252 g/mol. The minimum Gasteiger partial charge on any atom is -0.273 e. The summed E-state index contributed by atoms with van der Waals surface area (Å²) in [6, 6.07) is 8.86. The lowest BCUT2D eigenvalue weighted by Crippen LogP contribution is -2.54. The number of hydrogen-bond acceptors (Lipinski definition) is 3. The Bertz CT molecular complexity index is 449. The van der Waals surface area contributed by atoms with Gasteiger partial charge >= 0.3 is 0 Å². The van der Waals surface area contributed by atoms with Crippen LogP contribution in [0, 0.1) is 0 Å². The number of nitrogens with one attached hydrogen (secondary N) is 1. The van der Waals surface area contributed by atoms with E-state index in [2.05, 4.69) is 5.43 Å². The summed E-state index contributed by atoms with van der Waals surface area (Å²) in [4.78, 5) is 24.7. The van der Waals surface area contributed by atoms with Crippen molar-refractivity contribution in [3.63, 3.8) is 0 Å². The third kappa shape index (κ3) is 5.13. The van der Waals surface area contributed by atoms with Crippen molar-refractivity contribution in [1.82, 2.24) is 10.4 Å². The smallest absolute Gasteiger partial charge is 0.273 e. The minimum absolute atomic E-state index is 0.185. The van der Waals surface area contributed by atoms with Crippen LogP contribution in [0.4, 0.5) is 0 Å². The molecule has 1 rings (SSSR count). The van der Waals surface area contributed by atoms with Crippen molar-refractivity contribution >= 4 is 11.8 Å². The van der Waals surface area contributed by atoms with Crippen LogP contribution in [0.5, 0.6) is 0 Å². The molecule has 0 heterocycles. The van der Waals surface area contributed by atoms with E-state index >= 15 is 0 Å². The van der Waals surface area contributed by atoms with Crippen molar-refractivity contribution in [3.05, 3.63) is 35.9 Å². The van der Waals surface area contributed by atoms with Crippen molar-refractivity contribution in [2.75, 3.05) is 0 Å². The first kappa shape index (κ1) is 16.4. The summed E-state index contributed by atoms with van der Waals surface area (Å²) in [6.07, 6.45) is 2.08. The van der Waals surface area contributed by atoms with Gasteiger partial charge in [-0.25, -0.2) is 10.4 Å². The molecule has 0 aliphatic rings. The fourth-order valence-electron chi connectivity index (χ4n) is 1.71. The zero-order valence-corrected chi connectivity index (χ0v) is 12.8. The van der Waals surface area contributed by atoms with Crippen LogP contribution in [-0.4, -0.2) is 22.4 Å². The van der Waals surface area contributed by atoms with Crippen LogP contribution in [0.3, 0.4) is 0 Å². The summed E-state index contributed by atoms with van der Waals surface area (Å²) in [6.45, 7) is 7.79. The van der Waals surface area contributed by atoms with E-state index in [1.807, 2.05) is 33.8 Å². The molecule has 0 saturated carbocycles. The second-order valence-corrected chi connectivity index (χ2v) is 5.87. The zero-order chi connectivity index (χ0) is 15.2. The van der Waals surface area contributed by atoms with Gasteiger partial charge in [0.1, 0.15) is 0 Å². The number of amides is 2. The Hall–Kier alpha value is -1.68. The fourth-order valence-corrected chi connectivity index (χ4v) is 1.71. The quantitative estimate of drug-likeness (QED) is 0.840. The van der Waals surface area contributed by atoms with E-state index in [-0.39, 0.29) is 17.4 Å². The summed E-state index contributed by atoms with van der Waals surface area (Å²) >= 11 is 0. The molecule has 110 valence electrons. The van der Waals surface area contributed by atoms with Crippen LogP contribution in [0.25, 0.3) is 0 Å². The Morgan fingerprint density at radius 3 is 2.25 bits per heavy atom. The van der Waals surface area contributed by atoms with Crippen LogP contribution >= 0.6 is 0 Å². The highest BCUT2D eigenvalue weighted by molar-refractivity contribution is 6.04. The standard InChI is InChI=1S/C16H24N2O2/c1-5-6-12-14(19)18(17-16(2,3)4)15(20)13-10-8-7-9-11-13/h7-11,17H,5-6,12H2,1-4H3. The van der Waals surface area contributed by atoms with E-state index in [0.717, 1.165) is 17.9 Å². The lowest BCUT2D eigenvalue weighted by atomic mass is 10.1. The molecule has 0 aliphatic heterocycles. The molecule has 0 spiro atoms. The normalized spacial score (nSPS) is 11.2. The monoisotopic (exact) mass is 276 g/mol. The van der Waals surface area contributed by atoms with Gasteiger partial charge in [-0.1, -0.05) is 31.5 Å². The van der Waals surface area contributed by atoms with Gasteiger partial charge in [-0.2, -0.15) is 0 Å². The molecule has 0 aromatic heterocycles. The highest BCUT2D eigenvalue weighted by Gasteiger charge is 2.26. The first-order chi connectivity index (χ1) is 9.35. The van der Waals surface area contributed by atoms with Gasteiger partial charge in [-0.15, -0.1) is 0 Å². The second kappa shape index (κ2) is 7.20. The number of carbonyl (C=O) groups excluding carboxylic acids is 2. The molecule has 1 aromatic rings. The number of nitrogens with zero attached hydrogens (tertiary/aromatic N) is 1. The Kier molecular flexibility index (Phi) is 5.89. The highest BCUT2D eigenvalue weighted by Crippen LogP contribution is 2.10. The molecule has 0 bridgehead atoms. The van der Waals surface area contributed by atoms with Crippen molar-refractivity contribution in [2.45, 2.75) is 52.5 Å². The Balaban J connectivity index is 2.92. The predicted molar refractivity (Wildman–Crippen MR) is 80.0 cm³/mol. The lowest BCUT2D eigenvalue weighted by molar-refractivity contribution is -0.132. The fraction of sp³-hybridized carbons (Fsp3) is 0.500. The molecule has 4 nitrogen and oxygen atoms in total. The van der Waals surface area contributed by atoms with E-state index in [1.54, 1.807) is 24.3 Å². The molecule has 2 amide bonds. The van der Waals surface area contributed by atoms with E-state index in [1.165, 1.54) is 0 Å². The number of benzene rings is 1. The lowest BCUT2D eigenvalue weighted by Gasteiger charge is -2.30. The van der Waals surface area contributed by atoms with Crippen molar-refractivity contribution in [1.29, 1.82) is 0 Å². The first-order valence-electron chi connectivity index (χ1n) is 7.05. The number of hydrogen-bond donors (Lipinski definition) is 1. The number of unbranched alkanes of at least 4 members (excludes halogenated alkanes) is 1. The number of rotatable bonds is 5. The van der Waals surface area contributed by atoms with Crippen molar-refractivity contribution in [2.24, 2.45) is 0 Å². The predicted octanol–water partition coefficient (Wildman–Crippen LogP) is 3.15. The maximum Gasteiger partial charge on any atom is 0.275 e. The van der Waals surface area contributed by atoms with Crippen LogP contribution in [0.15, 0.2) is 30.3 Å². The largest absolute Gasteiger partial charge is 0.275 e. The van der Waals surface area contributed by atoms with Gasteiger partial charge in [-0.3, -0.25) is 9.59 Å². The molecule has 4 heteroatoms. The second-order valence-electron chi connectivity index (χ2n) is 5.87. The van der Waals surface area contributed by atoms with Crippen LogP contribution in [0.2, 0.25) is 0 Å². The molecule has 0 radical (unpaired) electrons. The van der Waals surface area contributed by atoms with Crippen LogP contribution in [0.1, 0.15) is 57.3 Å². The molecular formula is C16H24N2O2.